The second-order valence-electron chi connectivity index (χ2n) is 7.88. The van der Waals surface area contributed by atoms with Crippen molar-refractivity contribution in [2.45, 2.75) is 31.6 Å². The molecule has 28 heavy (non-hydrogen) atoms. The summed E-state index contributed by atoms with van der Waals surface area (Å²) in [5, 5.41) is 12.1. The molecule has 9 nitrogen and oxygen atoms in total. The van der Waals surface area contributed by atoms with E-state index in [2.05, 4.69) is 33.0 Å². The molecule has 7 heterocycles. The molecule has 3 aromatic rings. The van der Waals surface area contributed by atoms with Gasteiger partial charge < -0.3 is 19.3 Å². The number of morpholine rings is 2. The molecule has 0 aromatic carbocycles. The Balaban J connectivity index is 1.50. The first-order valence-electron chi connectivity index (χ1n) is 9.89. The van der Waals surface area contributed by atoms with E-state index in [1.54, 1.807) is 6.20 Å². The molecule has 9 heteroatoms. The number of imidazole rings is 1. The number of aromatic amines is 1. The molecule has 4 aliphatic rings. The van der Waals surface area contributed by atoms with Gasteiger partial charge in [0.1, 0.15) is 5.69 Å². The van der Waals surface area contributed by atoms with E-state index >= 15 is 0 Å². The third kappa shape index (κ3) is 2.50. The van der Waals surface area contributed by atoms with Crippen molar-refractivity contribution in [2.24, 2.45) is 0 Å². The number of anilines is 2. The molecule has 4 saturated heterocycles. The Bertz CT molecular complexity index is 985. The van der Waals surface area contributed by atoms with Crippen LogP contribution in [0, 0.1) is 0 Å². The standard InChI is InChI=1S/C19H23N7O2/c1-12-11-27-5-4-25(12)16-7-18(24-9-13-6-14(10-24)28-13)23-26-17(8-20-19(16)26)15-2-3-21-22-15/h2-3,7-8,12-14H,4-6,9-11H2,1H3,(H,21,22). The minimum Gasteiger partial charge on any atom is -0.377 e. The summed E-state index contributed by atoms with van der Waals surface area (Å²) in [5.41, 5.74) is 3.78. The summed E-state index contributed by atoms with van der Waals surface area (Å²) in [6.07, 6.45) is 5.44. The zero-order valence-corrected chi connectivity index (χ0v) is 15.8. The molecule has 4 fully saturated rings. The first kappa shape index (κ1) is 16.3. The Labute approximate surface area is 162 Å². The lowest BCUT2D eigenvalue weighted by Crippen LogP contribution is -2.57. The fourth-order valence-corrected chi connectivity index (χ4v) is 4.52. The van der Waals surface area contributed by atoms with Crippen LogP contribution in [0.2, 0.25) is 0 Å². The van der Waals surface area contributed by atoms with Crippen molar-refractivity contribution in [1.29, 1.82) is 0 Å². The first-order chi connectivity index (χ1) is 13.8. The van der Waals surface area contributed by atoms with Crippen molar-refractivity contribution >= 4 is 17.2 Å². The summed E-state index contributed by atoms with van der Waals surface area (Å²) < 4.78 is 13.4. The van der Waals surface area contributed by atoms with E-state index < -0.39 is 0 Å². The van der Waals surface area contributed by atoms with E-state index in [0.717, 1.165) is 67.8 Å². The van der Waals surface area contributed by atoms with Gasteiger partial charge in [-0.25, -0.2) is 9.50 Å². The topological polar surface area (TPSA) is 83.8 Å². The summed E-state index contributed by atoms with van der Waals surface area (Å²) in [6.45, 7) is 6.27. The van der Waals surface area contributed by atoms with Crippen molar-refractivity contribution in [3.05, 3.63) is 24.5 Å². The number of ether oxygens (including phenoxy) is 2. The molecule has 146 valence electrons. The molecular weight excluding hydrogens is 358 g/mol. The van der Waals surface area contributed by atoms with Crippen LogP contribution in [0.5, 0.6) is 0 Å². The highest BCUT2D eigenvalue weighted by atomic mass is 16.5. The second kappa shape index (κ2) is 6.18. The van der Waals surface area contributed by atoms with E-state index in [-0.39, 0.29) is 6.04 Å². The third-order valence-electron chi connectivity index (χ3n) is 5.97. The third-order valence-corrected chi connectivity index (χ3v) is 5.97. The molecule has 1 N–H and O–H groups in total. The van der Waals surface area contributed by atoms with Crippen LogP contribution in [0.3, 0.4) is 0 Å². The smallest absolute Gasteiger partial charge is 0.178 e. The number of fused-ring (bicyclic) bond motifs is 3. The molecule has 4 aliphatic heterocycles. The number of nitrogens with zero attached hydrogens (tertiary/aromatic N) is 6. The molecule has 0 radical (unpaired) electrons. The monoisotopic (exact) mass is 381 g/mol. The van der Waals surface area contributed by atoms with Gasteiger partial charge in [0, 0.05) is 44.4 Å². The van der Waals surface area contributed by atoms with Gasteiger partial charge in [0.05, 0.1) is 43.0 Å². The quantitative estimate of drug-likeness (QED) is 0.733. The molecular formula is C19H23N7O2. The number of rotatable bonds is 3. The van der Waals surface area contributed by atoms with Gasteiger partial charge in [-0.1, -0.05) is 0 Å². The summed E-state index contributed by atoms with van der Waals surface area (Å²) in [5.74, 6) is 0.970. The predicted molar refractivity (Wildman–Crippen MR) is 104 cm³/mol. The maximum absolute atomic E-state index is 5.82. The number of piperidine rings is 1. The van der Waals surface area contributed by atoms with Crippen LogP contribution in [-0.2, 0) is 9.47 Å². The van der Waals surface area contributed by atoms with Crippen LogP contribution in [0.15, 0.2) is 24.5 Å². The zero-order chi connectivity index (χ0) is 18.7. The van der Waals surface area contributed by atoms with Crippen molar-refractivity contribution in [3.63, 3.8) is 0 Å². The lowest BCUT2D eigenvalue weighted by atomic mass is 9.99. The molecule has 3 unspecified atom stereocenters. The Morgan fingerprint density at radius 2 is 2.11 bits per heavy atom. The van der Waals surface area contributed by atoms with Gasteiger partial charge >= 0.3 is 0 Å². The summed E-state index contributed by atoms with van der Waals surface area (Å²) >= 11 is 0. The van der Waals surface area contributed by atoms with Crippen LogP contribution in [0.1, 0.15) is 13.3 Å². The second-order valence-corrected chi connectivity index (χ2v) is 7.88. The van der Waals surface area contributed by atoms with E-state index in [9.17, 15) is 0 Å². The predicted octanol–water partition coefficient (Wildman–Crippen LogP) is 1.32. The van der Waals surface area contributed by atoms with Crippen molar-refractivity contribution < 1.29 is 9.47 Å². The van der Waals surface area contributed by atoms with Gasteiger partial charge in [0.2, 0.25) is 0 Å². The maximum atomic E-state index is 5.82. The Hall–Kier alpha value is -2.65. The maximum Gasteiger partial charge on any atom is 0.178 e. The SMILES string of the molecule is CC1COCCN1c1cc(N2CC3CC(C2)O3)nn2c(-c3ccn[nH]3)cnc12. The minimum atomic E-state index is 0.290. The molecule has 0 amide bonds. The molecule has 7 rings (SSSR count). The van der Waals surface area contributed by atoms with Gasteiger partial charge in [-0.05, 0) is 13.0 Å². The van der Waals surface area contributed by atoms with E-state index in [0.29, 0.717) is 12.2 Å². The highest BCUT2D eigenvalue weighted by Gasteiger charge is 2.39. The molecule has 3 atom stereocenters. The normalized spacial score (nSPS) is 27.2. The fourth-order valence-electron chi connectivity index (χ4n) is 4.52. The molecule has 0 aliphatic carbocycles. The van der Waals surface area contributed by atoms with E-state index in [1.807, 2.05) is 16.8 Å². The van der Waals surface area contributed by atoms with Crippen molar-refractivity contribution in [2.75, 3.05) is 42.6 Å². The zero-order valence-electron chi connectivity index (χ0n) is 15.8. The summed E-state index contributed by atoms with van der Waals surface area (Å²) in [7, 11) is 0. The number of aromatic nitrogens is 5. The highest BCUT2D eigenvalue weighted by Crippen LogP contribution is 2.34. The number of H-pyrrole nitrogens is 1. The first-order valence-corrected chi connectivity index (χ1v) is 9.89. The van der Waals surface area contributed by atoms with E-state index in [4.69, 9.17) is 19.6 Å². The summed E-state index contributed by atoms with van der Waals surface area (Å²) in [6, 6.07) is 4.42. The molecule has 0 saturated carbocycles. The summed E-state index contributed by atoms with van der Waals surface area (Å²) in [4.78, 5) is 9.45. The average Bonchev–Trinajstić information content (AvgIpc) is 3.37. The highest BCUT2D eigenvalue weighted by molar-refractivity contribution is 5.76. The minimum absolute atomic E-state index is 0.290. The largest absolute Gasteiger partial charge is 0.377 e. The van der Waals surface area contributed by atoms with Crippen molar-refractivity contribution in [3.8, 4) is 11.4 Å². The van der Waals surface area contributed by atoms with Gasteiger partial charge in [-0.15, -0.1) is 5.10 Å². The van der Waals surface area contributed by atoms with Crippen LogP contribution in [0.4, 0.5) is 11.5 Å². The van der Waals surface area contributed by atoms with Crippen LogP contribution < -0.4 is 9.80 Å². The number of nitrogens with one attached hydrogen (secondary N) is 1. The number of hydrogen-bond acceptors (Lipinski definition) is 7. The molecule has 0 spiro atoms. The molecule has 3 aromatic heterocycles. The van der Waals surface area contributed by atoms with Gasteiger partial charge in [-0.2, -0.15) is 5.10 Å². The van der Waals surface area contributed by atoms with Crippen LogP contribution >= 0.6 is 0 Å². The van der Waals surface area contributed by atoms with Gasteiger partial charge in [-0.3, -0.25) is 5.10 Å². The van der Waals surface area contributed by atoms with Crippen LogP contribution in [-0.4, -0.2) is 75.9 Å². The van der Waals surface area contributed by atoms with Gasteiger partial charge in [0.15, 0.2) is 11.5 Å². The lowest BCUT2D eigenvalue weighted by molar-refractivity contribution is -0.133. The fraction of sp³-hybridized carbons (Fsp3) is 0.526. The Kier molecular flexibility index (Phi) is 3.60. The van der Waals surface area contributed by atoms with Gasteiger partial charge in [0.25, 0.3) is 0 Å². The Morgan fingerprint density at radius 1 is 1.25 bits per heavy atom. The lowest BCUT2D eigenvalue weighted by Gasteiger charge is -2.47. The van der Waals surface area contributed by atoms with Crippen molar-refractivity contribution in [1.82, 2.24) is 24.8 Å². The Morgan fingerprint density at radius 3 is 2.86 bits per heavy atom. The van der Waals surface area contributed by atoms with E-state index in [1.165, 1.54) is 0 Å². The average molecular weight is 381 g/mol. The van der Waals surface area contributed by atoms with Crippen LogP contribution in [0.25, 0.3) is 17.0 Å². The number of hydrogen-bond donors (Lipinski definition) is 1. The molecule has 2 bridgehead atoms.